The molecule has 0 radical (unpaired) electrons. The number of carbonyl (C=O) groups is 2. The Labute approximate surface area is 182 Å². The first kappa shape index (κ1) is 20.7. The second-order valence-electron chi connectivity index (χ2n) is 8.06. The van der Waals surface area contributed by atoms with E-state index in [-0.39, 0.29) is 23.5 Å². The van der Waals surface area contributed by atoms with Crippen molar-refractivity contribution in [3.05, 3.63) is 84.5 Å². The van der Waals surface area contributed by atoms with E-state index in [0.717, 1.165) is 11.1 Å². The van der Waals surface area contributed by atoms with Crippen molar-refractivity contribution in [3.8, 4) is 11.5 Å². The van der Waals surface area contributed by atoms with Crippen LogP contribution in [0.2, 0.25) is 0 Å². The van der Waals surface area contributed by atoms with Crippen molar-refractivity contribution in [1.82, 2.24) is 0 Å². The third kappa shape index (κ3) is 3.26. The van der Waals surface area contributed by atoms with Crippen LogP contribution in [0.5, 0.6) is 11.5 Å². The largest absolute Gasteiger partial charge is 0.504 e. The molecule has 0 unspecified atom stereocenters. The number of phenols is 1. The number of carbonyl (C=O) groups excluding carboxylic acids is 2. The molecule has 2 amide bonds. The van der Waals surface area contributed by atoms with Gasteiger partial charge < -0.3 is 9.84 Å². The maximum absolute atomic E-state index is 13.7. The lowest BCUT2D eigenvalue weighted by molar-refractivity contribution is -0.128. The van der Waals surface area contributed by atoms with E-state index in [4.69, 9.17) is 4.74 Å². The summed E-state index contributed by atoms with van der Waals surface area (Å²) in [6.45, 7) is 5.81. The molecule has 1 heterocycles. The molecular formula is C26H25NO4. The minimum absolute atomic E-state index is 0.0612. The van der Waals surface area contributed by atoms with Crippen molar-refractivity contribution in [2.24, 2.45) is 17.3 Å². The van der Waals surface area contributed by atoms with E-state index in [1.807, 2.05) is 43.4 Å². The van der Waals surface area contributed by atoms with Gasteiger partial charge in [-0.05, 0) is 48.7 Å². The van der Waals surface area contributed by atoms with Gasteiger partial charge in [0.1, 0.15) is 0 Å². The molecule has 1 N–H and O–H groups in total. The van der Waals surface area contributed by atoms with Gasteiger partial charge in [-0.2, -0.15) is 0 Å². The highest BCUT2D eigenvalue weighted by Gasteiger charge is 2.61. The zero-order valence-corrected chi connectivity index (χ0v) is 17.6. The second kappa shape index (κ2) is 7.91. The van der Waals surface area contributed by atoms with Crippen molar-refractivity contribution < 1.29 is 19.4 Å². The predicted octanol–water partition coefficient (Wildman–Crippen LogP) is 4.74. The number of nitrogens with zero attached hydrogens (tertiary/aromatic N) is 1. The van der Waals surface area contributed by atoms with Crippen LogP contribution in [0.15, 0.2) is 78.9 Å². The van der Waals surface area contributed by atoms with Crippen molar-refractivity contribution in [3.63, 3.8) is 0 Å². The van der Waals surface area contributed by atoms with Gasteiger partial charge in [-0.25, -0.2) is 4.90 Å². The van der Waals surface area contributed by atoms with Crippen molar-refractivity contribution in [2.75, 3.05) is 12.0 Å². The number of benzene rings is 2. The van der Waals surface area contributed by atoms with Crippen LogP contribution in [-0.2, 0) is 9.59 Å². The van der Waals surface area contributed by atoms with Crippen LogP contribution >= 0.6 is 0 Å². The van der Waals surface area contributed by atoms with Gasteiger partial charge in [0.25, 0.3) is 0 Å². The first-order chi connectivity index (χ1) is 14.9. The molecule has 1 saturated heterocycles. The highest BCUT2D eigenvalue weighted by molar-refractivity contribution is 6.24. The van der Waals surface area contributed by atoms with Gasteiger partial charge in [0.15, 0.2) is 11.5 Å². The quantitative estimate of drug-likeness (QED) is 0.716. The van der Waals surface area contributed by atoms with Crippen molar-refractivity contribution in [2.45, 2.75) is 13.3 Å². The molecule has 0 spiro atoms. The van der Waals surface area contributed by atoms with E-state index in [9.17, 15) is 14.7 Å². The van der Waals surface area contributed by atoms with Crippen LogP contribution in [0.1, 0.15) is 18.9 Å². The first-order valence-electron chi connectivity index (χ1n) is 10.2. The molecule has 1 fully saturated rings. The van der Waals surface area contributed by atoms with Crippen LogP contribution in [0.3, 0.4) is 0 Å². The number of aromatic hydroxyl groups is 1. The molecule has 5 nitrogen and oxygen atoms in total. The minimum Gasteiger partial charge on any atom is -0.504 e. The molecule has 31 heavy (non-hydrogen) atoms. The first-order valence-corrected chi connectivity index (χ1v) is 10.2. The molecule has 0 saturated carbocycles. The fourth-order valence-corrected chi connectivity index (χ4v) is 4.67. The topological polar surface area (TPSA) is 66.8 Å². The lowest BCUT2D eigenvalue weighted by atomic mass is 9.62. The van der Waals surface area contributed by atoms with E-state index >= 15 is 0 Å². The molecule has 2 aliphatic rings. The Morgan fingerprint density at radius 1 is 1.19 bits per heavy atom. The summed E-state index contributed by atoms with van der Waals surface area (Å²) in [5, 5.41) is 9.84. The number of amides is 2. The van der Waals surface area contributed by atoms with E-state index < -0.39 is 11.3 Å². The molecule has 1 aliphatic carbocycles. The zero-order valence-electron chi connectivity index (χ0n) is 17.6. The predicted molar refractivity (Wildman–Crippen MR) is 121 cm³/mol. The minimum atomic E-state index is -0.914. The van der Waals surface area contributed by atoms with Gasteiger partial charge >= 0.3 is 0 Å². The summed E-state index contributed by atoms with van der Waals surface area (Å²) < 4.78 is 5.19. The van der Waals surface area contributed by atoms with Gasteiger partial charge in [-0.1, -0.05) is 55.1 Å². The SMILES string of the molecule is C=CC1=CC[C@H]2C(=O)N(c3ccccc3)C(=O)[C@@]2(C)[C@H]1C=Cc1ccc(O)c(OC)c1. The molecule has 158 valence electrons. The summed E-state index contributed by atoms with van der Waals surface area (Å²) in [4.78, 5) is 28.3. The second-order valence-corrected chi connectivity index (χ2v) is 8.06. The highest BCUT2D eigenvalue weighted by Crippen LogP contribution is 2.53. The number of phenolic OH excluding ortho intramolecular Hbond substituents is 1. The van der Waals surface area contributed by atoms with Gasteiger partial charge in [0.05, 0.1) is 24.1 Å². The normalized spacial score (nSPS) is 25.5. The summed E-state index contributed by atoms with van der Waals surface area (Å²) in [6, 6.07) is 14.1. The molecule has 2 aromatic rings. The summed E-state index contributed by atoms with van der Waals surface area (Å²) in [6.07, 6.45) is 8.11. The average molecular weight is 415 g/mol. The maximum Gasteiger partial charge on any atom is 0.241 e. The van der Waals surface area contributed by atoms with Crippen molar-refractivity contribution in [1.29, 1.82) is 0 Å². The number of imide groups is 1. The Kier molecular flexibility index (Phi) is 5.27. The number of anilines is 1. The molecule has 1 aliphatic heterocycles. The fourth-order valence-electron chi connectivity index (χ4n) is 4.67. The van der Waals surface area contributed by atoms with Crippen LogP contribution in [0, 0.1) is 17.3 Å². The zero-order chi connectivity index (χ0) is 22.2. The van der Waals surface area contributed by atoms with Gasteiger partial charge in [0.2, 0.25) is 11.8 Å². The van der Waals surface area contributed by atoms with E-state index in [1.165, 1.54) is 12.0 Å². The molecule has 0 bridgehead atoms. The molecular weight excluding hydrogens is 390 g/mol. The summed E-state index contributed by atoms with van der Waals surface area (Å²) in [5.74, 6) is -0.675. The third-order valence-electron chi connectivity index (χ3n) is 6.44. The van der Waals surface area contributed by atoms with Crippen LogP contribution < -0.4 is 9.64 Å². The Hall–Kier alpha value is -3.60. The summed E-state index contributed by atoms with van der Waals surface area (Å²) in [7, 11) is 1.49. The molecule has 3 atom stereocenters. The highest BCUT2D eigenvalue weighted by atomic mass is 16.5. The molecule has 4 rings (SSSR count). The number of rotatable bonds is 5. The number of ether oxygens (including phenoxy) is 1. The number of hydrogen-bond acceptors (Lipinski definition) is 4. The molecule has 2 aromatic carbocycles. The number of para-hydroxylation sites is 1. The Balaban J connectivity index is 1.75. The fraction of sp³-hybridized carbons (Fsp3) is 0.231. The van der Waals surface area contributed by atoms with Crippen LogP contribution in [0.4, 0.5) is 5.69 Å². The number of allylic oxidation sites excluding steroid dienone is 4. The lowest BCUT2D eigenvalue weighted by Gasteiger charge is -2.38. The lowest BCUT2D eigenvalue weighted by Crippen LogP contribution is -2.42. The third-order valence-corrected chi connectivity index (χ3v) is 6.44. The molecule has 5 heteroatoms. The monoisotopic (exact) mass is 415 g/mol. The number of fused-ring (bicyclic) bond motifs is 1. The van der Waals surface area contributed by atoms with Crippen molar-refractivity contribution >= 4 is 23.6 Å². The standard InChI is InChI=1S/C26H25NO4/c1-4-18-12-14-21-24(29)27(19-8-6-5-7-9-19)25(30)26(21,2)20(18)13-10-17-11-15-22(28)23(16-17)31-3/h4-13,15-16,20-21,28H,1,14H2,2-3H3/t20-,21-,26-/m0/s1. The molecule has 0 aromatic heterocycles. The van der Waals surface area contributed by atoms with Gasteiger partial charge in [-0.15, -0.1) is 0 Å². The average Bonchev–Trinajstić information content (AvgIpc) is 2.99. The maximum atomic E-state index is 13.7. The van der Waals surface area contributed by atoms with E-state index in [1.54, 1.807) is 36.4 Å². The smallest absolute Gasteiger partial charge is 0.241 e. The summed E-state index contributed by atoms with van der Waals surface area (Å²) >= 11 is 0. The van der Waals surface area contributed by atoms with E-state index in [2.05, 4.69) is 6.58 Å². The van der Waals surface area contributed by atoms with Crippen LogP contribution in [-0.4, -0.2) is 24.0 Å². The van der Waals surface area contributed by atoms with E-state index in [0.29, 0.717) is 17.9 Å². The number of hydrogen-bond donors (Lipinski definition) is 1. The Morgan fingerprint density at radius 2 is 1.94 bits per heavy atom. The van der Waals surface area contributed by atoms with Gasteiger partial charge in [-0.3, -0.25) is 9.59 Å². The van der Waals surface area contributed by atoms with Crippen LogP contribution in [0.25, 0.3) is 6.08 Å². The Morgan fingerprint density at radius 3 is 2.61 bits per heavy atom. The van der Waals surface area contributed by atoms with Gasteiger partial charge in [0, 0.05) is 5.92 Å². The Bertz CT molecular complexity index is 1100. The summed E-state index contributed by atoms with van der Waals surface area (Å²) in [5.41, 5.74) is 1.43. The number of methoxy groups -OCH3 is 1.